The van der Waals surface area contributed by atoms with E-state index in [9.17, 15) is 10.1 Å². The molecular weight excluding hydrogens is 444 g/mol. The quantitative estimate of drug-likeness (QED) is 0.255. The van der Waals surface area contributed by atoms with Crippen molar-refractivity contribution in [3.05, 3.63) is 119 Å². The molecule has 1 fully saturated rings. The normalized spacial score (nSPS) is 14.4. The van der Waals surface area contributed by atoms with E-state index in [4.69, 9.17) is 0 Å². The second-order valence-corrected chi connectivity index (χ2v) is 9.12. The number of hydrogen-bond acceptors (Lipinski definition) is 4. The van der Waals surface area contributed by atoms with Crippen LogP contribution >= 0.6 is 0 Å². The van der Waals surface area contributed by atoms with Gasteiger partial charge in [0.05, 0.1) is 6.04 Å². The number of aryl methyl sites for hydroxylation is 1. The van der Waals surface area contributed by atoms with Crippen molar-refractivity contribution in [2.24, 2.45) is 0 Å². The van der Waals surface area contributed by atoms with Crippen molar-refractivity contribution in [3.8, 4) is 6.07 Å². The van der Waals surface area contributed by atoms with E-state index >= 15 is 0 Å². The Morgan fingerprint density at radius 3 is 1.94 bits per heavy atom. The molecule has 3 aromatic carbocycles. The molecule has 0 atom stereocenters. The zero-order chi connectivity index (χ0) is 25.0. The first-order chi connectivity index (χ1) is 17.8. The number of carbonyl (C=O) groups excluding carboxylic acids is 1. The highest BCUT2D eigenvalue weighted by Gasteiger charge is 2.29. The lowest BCUT2D eigenvalue weighted by Crippen LogP contribution is -2.50. The average Bonchev–Trinajstić information content (AvgIpc) is 2.95. The number of piperazine rings is 1. The van der Waals surface area contributed by atoms with E-state index in [1.807, 2.05) is 18.2 Å². The first-order valence-electron chi connectivity index (χ1n) is 12.8. The minimum atomic E-state index is -0.190. The molecule has 1 aliphatic rings. The first kappa shape index (κ1) is 25.2. The number of benzene rings is 3. The minimum Gasteiger partial charge on any atom is -0.390 e. The molecule has 1 aliphatic heterocycles. The second-order valence-electron chi connectivity index (χ2n) is 9.12. The van der Waals surface area contributed by atoms with Crippen molar-refractivity contribution in [3.63, 3.8) is 0 Å². The second kappa shape index (κ2) is 13.3. The zero-order valence-corrected chi connectivity index (χ0v) is 20.7. The van der Waals surface area contributed by atoms with Gasteiger partial charge < -0.3 is 10.2 Å². The van der Waals surface area contributed by atoms with Crippen LogP contribution in [0.4, 0.5) is 0 Å². The van der Waals surface area contributed by atoms with Crippen molar-refractivity contribution in [2.75, 3.05) is 32.7 Å². The molecule has 4 rings (SSSR count). The molecule has 1 amide bonds. The fourth-order valence-electron chi connectivity index (χ4n) is 4.76. The average molecular weight is 479 g/mol. The molecule has 0 saturated carbocycles. The molecule has 3 aromatic rings. The fourth-order valence-corrected chi connectivity index (χ4v) is 4.76. The highest BCUT2D eigenvalue weighted by molar-refractivity contribution is 5.97. The Balaban J connectivity index is 1.29. The smallest absolute Gasteiger partial charge is 0.266 e. The van der Waals surface area contributed by atoms with Gasteiger partial charge in [0.15, 0.2) is 0 Å². The predicted octanol–water partition coefficient (Wildman–Crippen LogP) is 4.94. The number of nitriles is 1. The van der Waals surface area contributed by atoms with Crippen LogP contribution in [-0.4, -0.2) is 48.4 Å². The Kier molecular flexibility index (Phi) is 9.30. The van der Waals surface area contributed by atoms with Crippen LogP contribution in [-0.2, 0) is 11.2 Å². The summed E-state index contributed by atoms with van der Waals surface area (Å²) in [6.07, 6.45) is 4.67. The number of unbranched alkanes of at least 4 members (excludes halogenated alkanes) is 1. The van der Waals surface area contributed by atoms with E-state index in [1.165, 1.54) is 16.7 Å². The molecular formula is C31H34N4O. The van der Waals surface area contributed by atoms with Gasteiger partial charge in [0.1, 0.15) is 11.6 Å². The molecule has 0 aliphatic carbocycles. The lowest BCUT2D eigenvalue weighted by Gasteiger charge is -2.39. The molecule has 0 aromatic heterocycles. The lowest BCUT2D eigenvalue weighted by atomic mass is 9.96. The maximum Gasteiger partial charge on any atom is 0.266 e. The molecule has 0 spiro atoms. The van der Waals surface area contributed by atoms with E-state index in [2.05, 4.69) is 89.1 Å². The molecule has 1 N–H and O–H groups in total. The van der Waals surface area contributed by atoms with Crippen LogP contribution in [0, 0.1) is 11.3 Å². The largest absolute Gasteiger partial charge is 0.390 e. The van der Waals surface area contributed by atoms with Gasteiger partial charge in [-0.2, -0.15) is 5.26 Å². The Hall–Kier alpha value is -3.88. The summed E-state index contributed by atoms with van der Waals surface area (Å²) in [7, 11) is 0. The van der Waals surface area contributed by atoms with Crippen LogP contribution in [0.5, 0.6) is 0 Å². The van der Waals surface area contributed by atoms with Crippen molar-refractivity contribution >= 4 is 5.91 Å². The molecule has 0 unspecified atom stereocenters. The summed E-state index contributed by atoms with van der Waals surface area (Å²) < 4.78 is 0. The number of carbonyl (C=O) groups is 1. The molecule has 36 heavy (non-hydrogen) atoms. The van der Waals surface area contributed by atoms with Crippen molar-refractivity contribution in [1.82, 2.24) is 15.1 Å². The third-order valence-corrected chi connectivity index (χ3v) is 6.67. The number of nitrogens with one attached hydrogen (secondary N) is 1. The first-order valence-corrected chi connectivity index (χ1v) is 12.8. The number of hydrogen-bond donors (Lipinski definition) is 1. The highest BCUT2D eigenvalue weighted by Crippen LogP contribution is 2.29. The van der Waals surface area contributed by atoms with Crippen LogP contribution < -0.4 is 5.32 Å². The van der Waals surface area contributed by atoms with Gasteiger partial charge in [0.2, 0.25) is 0 Å². The number of rotatable bonds is 10. The van der Waals surface area contributed by atoms with Gasteiger partial charge in [-0.1, -0.05) is 91.0 Å². The summed E-state index contributed by atoms with van der Waals surface area (Å²) in [6.45, 7) is 3.46. The van der Waals surface area contributed by atoms with E-state index < -0.39 is 0 Å². The van der Waals surface area contributed by atoms with Gasteiger partial charge in [-0.3, -0.25) is 9.69 Å². The zero-order valence-electron chi connectivity index (χ0n) is 20.7. The van der Waals surface area contributed by atoms with Gasteiger partial charge in [0.25, 0.3) is 5.91 Å². The standard InChI is InChI=1S/C31H34N4O/c32-24-29(25-33-19-11-10-14-26-12-4-1-5-13-26)31(36)35-22-20-34(21-23-35)30(27-15-6-2-7-16-27)28-17-8-3-9-18-28/h1-9,12-13,15-18,25,30,33H,10-11,14,19-23H2/b29-25-. The maximum atomic E-state index is 13.0. The van der Waals surface area contributed by atoms with Crippen molar-refractivity contribution in [2.45, 2.75) is 25.3 Å². The van der Waals surface area contributed by atoms with Crippen LogP contribution in [0.3, 0.4) is 0 Å². The topological polar surface area (TPSA) is 59.4 Å². The molecule has 5 heteroatoms. The van der Waals surface area contributed by atoms with Gasteiger partial charge in [-0.25, -0.2) is 0 Å². The summed E-state index contributed by atoms with van der Waals surface area (Å²) >= 11 is 0. The summed E-state index contributed by atoms with van der Waals surface area (Å²) in [5, 5.41) is 12.8. The third-order valence-electron chi connectivity index (χ3n) is 6.67. The van der Waals surface area contributed by atoms with Gasteiger partial charge >= 0.3 is 0 Å². The Morgan fingerprint density at radius 2 is 1.39 bits per heavy atom. The van der Waals surface area contributed by atoms with Gasteiger partial charge in [-0.15, -0.1) is 0 Å². The molecule has 1 saturated heterocycles. The van der Waals surface area contributed by atoms with E-state index in [-0.39, 0.29) is 17.5 Å². The van der Waals surface area contributed by atoms with Crippen molar-refractivity contribution < 1.29 is 4.79 Å². The lowest BCUT2D eigenvalue weighted by molar-refractivity contribution is -0.128. The molecule has 0 radical (unpaired) electrons. The maximum absolute atomic E-state index is 13.0. The minimum absolute atomic E-state index is 0.146. The summed E-state index contributed by atoms with van der Waals surface area (Å²) in [5.41, 5.74) is 4.01. The van der Waals surface area contributed by atoms with Crippen LogP contribution in [0.1, 0.15) is 35.6 Å². The SMILES string of the molecule is N#C/C(=C/NCCCCc1ccccc1)C(=O)N1CCN(C(c2ccccc2)c2ccccc2)CC1. The molecule has 1 heterocycles. The molecule has 184 valence electrons. The third kappa shape index (κ3) is 6.84. The summed E-state index contributed by atoms with van der Waals surface area (Å²) in [4.78, 5) is 17.3. The Labute approximate surface area is 214 Å². The van der Waals surface area contributed by atoms with Crippen LogP contribution in [0.25, 0.3) is 0 Å². The number of amides is 1. The van der Waals surface area contributed by atoms with E-state index in [0.717, 1.165) is 38.9 Å². The van der Waals surface area contributed by atoms with Crippen molar-refractivity contribution in [1.29, 1.82) is 5.26 Å². The summed E-state index contributed by atoms with van der Waals surface area (Å²) in [6, 6.07) is 33.7. The van der Waals surface area contributed by atoms with Crippen LogP contribution in [0.15, 0.2) is 103 Å². The fraction of sp³-hybridized carbons (Fsp3) is 0.290. The van der Waals surface area contributed by atoms with Gasteiger partial charge in [0, 0.05) is 38.9 Å². The van der Waals surface area contributed by atoms with E-state index in [1.54, 1.807) is 11.1 Å². The van der Waals surface area contributed by atoms with Crippen LogP contribution in [0.2, 0.25) is 0 Å². The molecule has 0 bridgehead atoms. The van der Waals surface area contributed by atoms with E-state index in [0.29, 0.717) is 13.1 Å². The highest BCUT2D eigenvalue weighted by atomic mass is 16.2. The van der Waals surface area contributed by atoms with Gasteiger partial charge in [-0.05, 0) is 36.0 Å². The Bertz CT molecular complexity index is 1110. The monoisotopic (exact) mass is 478 g/mol. The number of nitrogens with zero attached hydrogens (tertiary/aromatic N) is 3. The predicted molar refractivity (Wildman–Crippen MR) is 144 cm³/mol. The Morgan fingerprint density at radius 1 is 0.833 bits per heavy atom. The molecule has 5 nitrogen and oxygen atoms in total. The summed E-state index contributed by atoms with van der Waals surface area (Å²) in [5.74, 6) is -0.190.